The summed E-state index contributed by atoms with van der Waals surface area (Å²) < 4.78 is 16.0. The predicted molar refractivity (Wildman–Crippen MR) is 185 cm³/mol. The molecule has 11 nitrogen and oxygen atoms in total. The molecule has 0 saturated heterocycles. The summed E-state index contributed by atoms with van der Waals surface area (Å²) in [6, 6.07) is 23.3. The summed E-state index contributed by atoms with van der Waals surface area (Å²) in [6.45, 7) is 6.80. The second-order valence-corrected chi connectivity index (χ2v) is 13.6. The number of nitro groups is 1. The van der Waals surface area contributed by atoms with Crippen molar-refractivity contribution in [1.82, 2.24) is 0 Å². The minimum absolute atomic E-state index is 0.0216. The van der Waals surface area contributed by atoms with Gasteiger partial charge in [0.15, 0.2) is 0 Å². The first-order valence-electron chi connectivity index (χ1n) is 16.6. The Bertz CT molecular complexity index is 1770. The molecule has 5 rings (SSSR count). The molecular formula is C39H42N2O9. The number of fused-ring (bicyclic) bond motifs is 1. The zero-order valence-electron chi connectivity index (χ0n) is 28.8. The van der Waals surface area contributed by atoms with Crippen LogP contribution in [0.15, 0.2) is 97.1 Å². The Kier molecular flexibility index (Phi) is 10.5. The van der Waals surface area contributed by atoms with Crippen LogP contribution >= 0.6 is 0 Å². The van der Waals surface area contributed by atoms with Gasteiger partial charge in [0, 0.05) is 17.4 Å². The molecule has 1 fully saturated rings. The highest BCUT2D eigenvalue weighted by atomic mass is 16.6. The summed E-state index contributed by atoms with van der Waals surface area (Å²) in [7, 11) is 1.23. The highest BCUT2D eigenvalue weighted by Crippen LogP contribution is 2.61. The lowest BCUT2D eigenvalue weighted by Gasteiger charge is -2.39. The maximum atomic E-state index is 15.4. The smallest absolute Gasteiger partial charge is 0.421 e. The van der Waals surface area contributed by atoms with Gasteiger partial charge < -0.3 is 14.2 Å². The van der Waals surface area contributed by atoms with Gasteiger partial charge >= 0.3 is 18.0 Å². The van der Waals surface area contributed by atoms with Gasteiger partial charge in [0.2, 0.25) is 11.9 Å². The molecule has 1 aliphatic heterocycles. The van der Waals surface area contributed by atoms with Crippen molar-refractivity contribution in [1.29, 1.82) is 0 Å². The molecule has 2 amide bonds. The topological polar surface area (TPSA) is 142 Å². The number of nitrogens with zero attached hydrogens (tertiary/aromatic N) is 2. The SMILES string of the molecule is CCOC(=O)C[C@H]1[C@H](/C=C/C(=O)OC)[C@@H](c2ccccc2)[C@@H]([N+](=O)[O-])[C@@H]1[C@@]1(Cc2ccccc2)C(=O)N(C(=O)OC(C)(C)C)c2ccccc21. The molecule has 262 valence electrons. The van der Waals surface area contributed by atoms with Crippen LogP contribution in [-0.2, 0) is 40.4 Å². The number of carbonyl (C=O) groups is 4. The Balaban J connectivity index is 1.86. The molecule has 0 aromatic heterocycles. The van der Waals surface area contributed by atoms with Crippen LogP contribution in [0.2, 0.25) is 0 Å². The first-order valence-corrected chi connectivity index (χ1v) is 16.6. The van der Waals surface area contributed by atoms with Crippen LogP contribution in [0, 0.1) is 27.9 Å². The van der Waals surface area contributed by atoms with Crippen LogP contribution in [0.4, 0.5) is 10.5 Å². The molecule has 0 spiro atoms. The number of rotatable bonds is 10. The van der Waals surface area contributed by atoms with Gasteiger partial charge in [-0.15, -0.1) is 0 Å². The van der Waals surface area contributed by atoms with E-state index in [4.69, 9.17) is 14.2 Å². The monoisotopic (exact) mass is 682 g/mol. The highest BCUT2D eigenvalue weighted by molar-refractivity contribution is 6.21. The minimum atomic E-state index is -1.73. The molecule has 3 aromatic rings. The van der Waals surface area contributed by atoms with E-state index >= 15 is 4.79 Å². The maximum absolute atomic E-state index is 15.4. The fraction of sp³-hybridized carbons (Fsp3) is 0.385. The van der Waals surface area contributed by atoms with Gasteiger partial charge in [-0.3, -0.25) is 19.7 Å². The quantitative estimate of drug-likeness (QED) is 0.0778. The predicted octanol–water partition coefficient (Wildman–Crippen LogP) is 6.42. The highest BCUT2D eigenvalue weighted by Gasteiger charge is 2.69. The molecule has 1 saturated carbocycles. The third kappa shape index (κ3) is 6.90. The van der Waals surface area contributed by atoms with Gasteiger partial charge in [0.05, 0.1) is 36.7 Å². The molecule has 0 unspecified atom stereocenters. The van der Waals surface area contributed by atoms with Crippen molar-refractivity contribution in [3.05, 3.63) is 124 Å². The van der Waals surface area contributed by atoms with Crippen molar-refractivity contribution >= 4 is 29.6 Å². The molecule has 3 aromatic carbocycles. The van der Waals surface area contributed by atoms with E-state index in [1.807, 2.05) is 30.3 Å². The number of carbonyl (C=O) groups excluding carboxylic acids is 4. The standard InChI is InChI=1S/C39H42N2O9/c1-6-49-32(43)23-28-27(21-22-31(42)48-5)33(26-17-11-8-12-18-26)35(41(46)47)34(28)39(24-25-15-9-7-10-16-25)29-19-13-14-20-30(29)40(36(39)44)37(45)50-38(2,3)4/h7-22,27-28,33-35H,6,23-24H2,1-5H3/b22-21+/t27-,28-,33+,34+,35+,39-/m0/s1. The molecule has 11 heteroatoms. The number of benzene rings is 3. The molecule has 6 atom stereocenters. The second-order valence-electron chi connectivity index (χ2n) is 13.6. The van der Waals surface area contributed by atoms with Gasteiger partial charge in [0.25, 0.3) is 0 Å². The number of hydrogen-bond donors (Lipinski definition) is 0. The van der Waals surface area contributed by atoms with E-state index < -0.39 is 64.7 Å². The van der Waals surface area contributed by atoms with E-state index in [-0.39, 0.29) is 30.1 Å². The summed E-state index contributed by atoms with van der Waals surface area (Å²) >= 11 is 0. The van der Waals surface area contributed by atoms with E-state index in [0.717, 1.165) is 4.90 Å². The third-order valence-corrected chi connectivity index (χ3v) is 9.58. The van der Waals surface area contributed by atoms with Crippen LogP contribution in [0.1, 0.15) is 56.7 Å². The number of anilines is 1. The average Bonchev–Trinajstić information content (AvgIpc) is 3.53. The van der Waals surface area contributed by atoms with E-state index in [1.165, 1.54) is 13.2 Å². The Morgan fingerprint density at radius 2 is 1.58 bits per heavy atom. The number of hydrogen-bond acceptors (Lipinski definition) is 9. The number of amides is 2. The van der Waals surface area contributed by atoms with Crippen molar-refractivity contribution in [2.45, 2.75) is 63.5 Å². The number of methoxy groups -OCH3 is 1. The normalized spacial score (nSPS) is 24.5. The molecule has 50 heavy (non-hydrogen) atoms. The van der Waals surface area contributed by atoms with Crippen LogP contribution in [-0.4, -0.2) is 54.2 Å². The van der Waals surface area contributed by atoms with Crippen LogP contribution in [0.25, 0.3) is 0 Å². The van der Waals surface area contributed by atoms with E-state index in [9.17, 15) is 24.5 Å². The number of allylic oxidation sites excluding steroid dienone is 1. The lowest BCUT2D eigenvalue weighted by molar-refractivity contribution is -0.535. The van der Waals surface area contributed by atoms with Crippen molar-refractivity contribution in [3.63, 3.8) is 0 Å². The maximum Gasteiger partial charge on any atom is 0.421 e. The lowest BCUT2D eigenvalue weighted by atomic mass is 9.61. The van der Waals surface area contributed by atoms with Crippen molar-refractivity contribution < 1.29 is 38.3 Å². The first kappa shape index (κ1) is 36.0. The van der Waals surface area contributed by atoms with Gasteiger partial charge in [0.1, 0.15) is 5.60 Å². The zero-order chi connectivity index (χ0) is 36.2. The second kappa shape index (κ2) is 14.7. The van der Waals surface area contributed by atoms with Gasteiger partial charge in [-0.25, -0.2) is 14.5 Å². The number of esters is 2. The molecular weight excluding hydrogens is 640 g/mol. The van der Waals surface area contributed by atoms with Crippen LogP contribution in [0.5, 0.6) is 0 Å². The summed E-state index contributed by atoms with van der Waals surface area (Å²) in [5.41, 5.74) is -0.724. The third-order valence-electron chi connectivity index (χ3n) is 9.58. The summed E-state index contributed by atoms with van der Waals surface area (Å²) in [4.78, 5) is 69.5. The molecule has 0 N–H and O–H groups in total. The Morgan fingerprint density at radius 3 is 2.18 bits per heavy atom. The van der Waals surface area contributed by atoms with Crippen molar-refractivity contribution in [2.75, 3.05) is 18.6 Å². The van der Waals surface area contributed by atoms with E-state index in [2.05, 4.69) is 0 Å². The Morgan fingerprint density at radius 1 is 0.960 bits per heavy atom. The van der Waals surface area contributed by atoms with Crippen molar-refractivity contribution in [3.8, 4) is 0 Å². The van der Waals surface area contributed by atoms with Crippen LogP contribution < -0.4 is 4.90 Å². The summed E-state index contributed by atoms with van der Waals surface area (Å²) in [5, 5.41) is 13.6. The van der Waals surface area contributed by atoms with Gasteiger partial charge in [-0.05, 0) is 68.7 Å². The molecule has 2 aliphatic rings. The van der Waals surface area contributed by atoms with E-state index in [1.54, 1.807) is 88.4 Å². The fourth-order valence-electron chi connectivity index (χ4n) is 7.91. The Labute approximate surface area is 291 Å². The Hall–Kier alpha value is -5.32. The fourth-order valence-corrected chi connectivity index (χ4v) is 7.91. The molecule has 0 bridgehead atoms. The van der Waals surface area contributed by atoms with Crippen molar-refractivity contribution in [2.24, 2.45) is 17.8 Å². The summed E-state index contributed by atoms with van der Waals surface area (Å²) in [6.07, 6.45) is 1.54. The molecule has 1 heterocycles. The lowest BCUT2D eigenvalue weighted by Crippen LogP contribution is -2.55. The van der Waals surface area contributed by atoms with Gasteiger partial charge in [-0.2, -0.15) is 0 Å². The number of ether oxygens (including phenoxy) is 3. The van der Waals surface area contributed by atoms with E-state index in [0.29, 0.717) is 16.7 Å². The number of imide groups is 1. The zero-order valence-corrected chi connectivity index (χ0v) is 28.8. The van der Waals surface area contributed by atoms with Gasteiger partial charge in [-0.1, -0.05) is 84.9 Å². The van der Waals surface area contributed by atoms with Crippen LogP contribution in [0.3, 0.4) is 0 Å². The number of para-hydroxylation sites is 1. The minimum Gasteiger partial charge on any atom is -0.466 e. The molecule has 0 radical (unpaired) electrons. The first-order chi connectivity index (χ1) is 23.8. The average molecular weight is 683 g/mol. The summed E-state index contributed by atoms with van der Waals surface area (Å²) in [5.74, 6) is -5.75. The molecule has 1 aliphatic carbocycles. The largest absolute Gasteiger partial charge is 0.466 e.